The van der Waals surface area contributed by atoms with Crippen LogP contribution in [-0.2, 0) is 0 Å². The van der Waals surface area contributed by atoms with Gasteiger partial charge in [0.2, 0.25) is 0 Å². The third-order valence-corrected chi connectivity index (χ3v) is 3.19. The van der Waals surface area contributed by atoms with Crippen molar-refractivity contribution in [2.45, 2.75) is 0 Å². The SMILES string of the molecule is COc1c(OC(=O)O)n(-c2ccccc2)c2ccccc12. The molecule has 0 atom stereocenters. The second-order valence-corrected chi connectivity index (χ2v) is 4.39. The molecule has 21 heavy (non-hydrogen) atoms. The van der Waals surface area contributed by atoms with Gasteiger partial charge in [0.05, 0.1) is 12.6 Å². The maximum atomic E-state index is 11.0. The molecule has 0 radical (unpaired) electrons. The molecule has 1 N–H and O–H groups in total. The fourth-order valence-electron chi connectivity index (χ4n) is 2.39. The Balaban J connectivity index is 2.37. The molecule has 1 aromatic heterocycles. The second kappa shape index (κ2) is 5.20. The summed E-state index contributed by atoms with van der Waals surface area (Å²) >= 11 is 0. The summed E-state index contributed by atoms with van der Waals surface area (Å²) in [6, 6.07) is 16.9. The molecule has 1 heterocycles. The summed E-state index contributed by atoms with van der Waals surface area (Å²) in [5.41, 5.74) is 1.62. The van der Waals surface area contributed by atoms with E-state index in [0.717, 1.165) is 16.6 Å². The summed E-state index contributed by atoms with van der Waals surface area (Å²) in [7, 11) is 1.49. The summed E-state index contributed by atoms with van der Waals surface area (Å²) in [5, 5.41) is 9.78. The number of carboxylic acid groups (broad SMARTS) is 1. The van der Waals surface area contributed by atoms with Crippen molar-refractivity contribution >= 4 is 17.1 Å². The van der Waals surface area contributed by atoms with Crippen LogP contribution in [0.4, 0.5) is 4.79 Å². The van der Waals surface area contributed by atoms with Crippen LogP contribution in [0.15, 0.2) is 54.6 Å². The summed E-state index contributed by atoms with van der Waals surface area (Å²) in [6.45, 7) is 0. The molecule has 0 spiro atoms. The number of para-hydroxylation sites is 2. The van der Waals surface area contributed by atoms with Gasteiger partial charge in [-0.25, -0.2) is 4.79 Å². The Labute approximate surface area is 121 Å². The largest absolute Gasteiger partial charge is 0.512 e. The zero-order chi connectivity index (χ0) is 14.8. The predicted octanol–water partition coefficient (Wildman–Crippen LogP) is 3.70. The molecule has 0 bridgehead atoms. The van der Waals surface area contributed by atoms with Gasteiger partial charge < -0.3 is 14.6 Å². The maximum Gasteiger partial charge on any atom is 0.512 e. The lowest BCUT2D eigenvalue weighted by Crippen LogP contribution is -2.08. The standard InChI is InChI=1S/C16H13NO4/c1-20-14-12-9-5-6-10-13(12)17(15(14)21-16(18)19)11-7-3-2-4-8-11/h2-10H,1H3,(H,18,19). The topological polar surface area (TPSA) is 60.7 Å². The van der Waals surface area contributed by atoms with Gasteiger partial charge in [0.25, 0.3) is 5.88 Å². The van der Waals surface area contributed by atoms with Gasteiger partial charge >= 0.3 is 6.16 Å². The number of fused-ring (bicyclic) bond motifs is 1. The molecule has 0 aliphatic carbocycles. The second-order valence-electron chi connectivity index (χ2n) is 4.39. The Bertz CT molecular complexity index is 793. The van der Waals surface area contributed by atoms with E-state index in [1.807, 2.05) is 54.6 Å². The molecule has 3 aromatic rings. The average Bonchev–Trinajstić information content (AvgIpc) is 2.80. The Morgan fingerprint density at radius 3 is 2.38 bits per heavy atom. The van der Waals surface area contributed by atoms with Crippen LogP contribution < -0.4 is 9.47 Å². The molecule has 0 saturated carbocycles. The van der Waals surface area contributed by atoms with E-state index < -0.39 is 6.16 Å². The van der Waals surface area contributed by atoms with Crippen molar-refractivity contribution in [3.8, 4) is 17.3 Å². The predicted molar refractivity (Wildman–Crippen MR) is 78.5 cm³/mol. The first kappa shape index (κ1) is 13.1. The highest BCUT2D eigenvalue weighted by Crippen LogP contribution is 2.41. The number of aromatic nitrogens is 1. The molecule has 0 aliphatic rings. The van der Waals surface area contributed by atoms with E-state index in [4.69, 9.17) is 14.6 Å². The molecule has 106 valence electrons. The summed E-state index contributed by atoms with van der Waals surface area (Å²) < 4.78 is 12.0. The van der Waals surface area contributed by atoms with Gasteiger partial charge in [-0.05, 0) is 24.3 Å². The highest BCUT2D eigenvalue weighted by molar-refractivity contribution is 5.92. The molecule has 0 fully saturated rings. The Morgan fingerprint density at radius 2 is 1.71 bits per heavy atom. The van der Waals surface area contributed by atoms with Crippen LogP contribution in [0.25, 0.3) is 16.6 Å². The first-order chi connectivity index (χ1) is 10.2. The third-order valence-electron chi connectivity index (χ3n) is 3.19. The smallest absolute Gasteiger partial charge is 0.491 e. The van der Waals surface area contributed by atoms with Crippen LogP contribution in [0.3, 0.4) is 0 Å². The number of nitrogens with zero attached hydrogens (tertiary/aromatic N) is 1. The zero-order valence-electron chi connectivity index (χ0n) is 11.3. The molecule has 2 aromatic carbocycles. The minimum atomic E-state index is -1.38. The molecule has 5 nitrogen and oxygen atoms in total. The number of hydrogen-bond donors (Lipinski definition) is 1. The first-order valence-corrected chi connectivity index (χ1v) is 6.36. The zero-order valence-corrected chi connectivity index (χ0v) is 11.3. The van der Waals surface area contributed by atoms with Gasteiger partial charge in [0, 0.05) is 11.1 Å². The lowest BCUT2D eigenvalue weighted by molar-refractivity contribution is 0.140. The first-order valence-electron chi connectivity index (χ1n) is 6.36. The molecule has 0 unspecified atom stereocenters. The number of methoxy groups -OCH3 is 1. The molecular weight excluding hydrogens is 270 g/mol. The quantitative estimate of drug-likeness (QED) is 0.745. The molecule has 0 aliphatic heterocycles. The van der Waals surface area contributed by atoms with Crippen LogP contribution >= 0.6 is 0 Å². The van der Waals surface area contributed by atoms with Crippen molar-refractivity contribution in [2.24, 2.45) is 0 Å². The number of rotatable bonds is 3. The minimum absolute atomic E-state index is 0.150. The fraction of sp³-hybridized carbons (Fsp3) is 0.0625. The van der Waals surface area contributed by atoms with E-state index in [2.05, 4.69) is 0 Å². The van der Waals surface area contributed by atoms with Crippen LogP contribution in [0.1, 0.15) is 0 Å². The van der Waals surface area contributed by atoms with Gasteiger partial charge in [-0.3, -0.25) is 4.57 Å². The van der Waals surface area contributed by atoms with Crippen molar-refractivity contribution in [1.82, 2.24) is 4.57 Å². The van der Waals surface area contributed by atoms with E-state index >= 15 is 0 Å². The number of hydrogen-bond acceptors (Lipinski definition) is 3. The molecule has 0 amide bonds. The van der Waals surface area contributed by atoms with Crippen molar-refractivity contribution < 1.29 is 19.4 Å². The molecule has 0 saturated heterocycles. The summed E-state index contributed by atoms with van der Waals surface area (Å²) in [5.74, 6) is 0.550. The van der Waals surface area contributed by atoms with Gasteiger partial charge in [-0.2, -0.15) is 0 Å². The van der Waals surface area contributed by atoms with Crippen LogP contribution in [0.5, 0.6) is 11.6 Å². The van der Waals surface area contributed by atoms with Crippen LogP contribution in [-0.4, -0.2) is 22.9 Å². The summed E-state index contributed by atoms with van der Waals surface area (Å²) in [4.78, 5) is 11.0. The van der Waals surface area contributed by atoms with Crippen LogP contribution in [0.2, 0.25) is 0 Å². The summed E-state index contributed by atoms with van der Waals surface area (Å²) in [6.07, 6.45) is -1.38. The highest BCUT2D eigenvalue weighted by Gasteiger charge is 2.22. The molecule has 3 rings (SSSR count). The normalized spacial score (nSPS) is 10.5. The maximum absolute atomic E-state index is 11.0. The van der Waals surface area contributed by atoms with E-state index in [1.54, 1.807) is 4.57 Å². The third kappa shape index (κ3) is 2.18. The average molecular weight is 283 g/mol. The molecule has 5 heteroatoms. The number of benzene rings is 2. The van der Waals surface area contributed by atoms with E-state index in [-0.39, 0.29) is 5.88 Å². The van der Waals surface area contributed by atoms with E-state index in [9.17, 15) is 4.79 Å². The molecular formula is C16H13NO4. The van der Waals surface area contributed by atoms with Crippen LogP contribution in [0, 0.1) is 0 Å². The monoisotopic (exact) mass is 283 g/mol. The fourth-order valence-corrected chi connectivity index (χ4v) is 2.39. The van der Waals surface area contributed by atoms with E-state index in [0.29, 0.717) is 5.75 Å². The Kier molecular flexibility index (Phi) is 3.23. The lowest BCUT2D eigenvalue weighted by Gasteiger charge is -2.09. The minimum Gasteiger partial charge on any atom is -0.491 e. The van der Waals surface area contributed by atoms with Gasteiger partial charge in [-0.15, -0.1) is 0 Å². The lowest BCUT2D eigenvalue weighted by atomic mass is 10.2. The van der Waals surface area contributed by atoms with E-state index in [1.165, 1.54) is 7.11 Å². The Morgan fingerprint density at radius 1 is 1.05 bits per heavy atom. The Hall–Kier alpha value is -2.95. The van der Waals surface area contributed by atoms with Crippen molar-refractivity contribution in [3.05, 3.63) is 54.6 Å². The van der Waals surface area contributed by atoms with Crippen molar-refractivity contribution in [3.63, 3.8) is 0 Å². The van der Waals surface area contributed by atoms with Crippen molar-refractivity contribution in [2.75, 3.05) is 7.11 Å². The number of carbonyl (C=O) groups is 1. The van der Waals surface area contributed by atoms with Gasteiger partial charge in [0.1, 0.15) is 0 Å². The van der Waals surface area contributed by atoms with Crippen molar-refractivity contribution in [1.29, 1.82) is 0 Å². The number of ether oxygens (including phenoxy) is 2. The highest BCUT2D eigenvalue weighted by atomic mass is 16.7. The van der Waals surface area contributed by atoms with Gasteiger partial charge in [0.15, 0.2) is 5.75 Å². The van der Waals surface area contributed by atoms with Gasteiger partial charge in [-0.1, -0.05) is 30.3 Å².